The first-order valence-electron chi connectivity index (χ1n) is 16.6. The third-order valence-corrected chi connectivity index (χ3v) is 11.5. The average Bonchev–Trinajstić information content (AvgIpc) is 3.46. The predicted octanol–water partition coefficient (Wildman–Crippen LogP) is 11.4. The second-order valence-corrected chi connectivity index (χ2v) is 13.9. The van der Waals surface area contributed by atoms with Crippen LogP contribution >= 0.6 is 11.8 Å². The van der Waals surface area contributed by atoms with Crippen LogP contribution in [0.25, 0.3) is 44.7 Å². The van der Waals surface area contributed by atoms with Crippen LogP contribution < -0.4 is 0 Å². The van der Waals surface area contributed by atoms with E-state index in [9.17, 15) is 0 Å². The van der Waals surface area contributed by atoms with Crippen molar-refractivity contribution in [2.24, 2.45) is 0 Å². The van der Waals surface area contributed by atoms with Crippen LogP contribution in [-0.4, -0.2) is 9.97 Å². The second-order valence-electron chi connectivity index (χ2n) is 12.8. The minimum absolute atomic E-state index is 0.408. The van der Waals surface area contributed by atoms with E-state index in [0.29, 0.717) is 5.92 Å². The molecule has 1 aliphatic heterocycles. The number of hydrogen-bond donors (Lipinski definition) is 0. The maximum atomic E-state index is 5.47. The van der Waals surface area contributed by atoms with Crippen LogP contribution in [-0.2, 0) is 5.41 Å². The molecule has 3 heteroatoms. The first kappa shape index (κ1) is 27.6. The summed E-state index contributed by atoms with van der Waals surface area (Å²) in [5.41, 5.74) is 12.6. The first-order chi connectivity index (χ1) is 23.8. The minimum atomic E-state index is -0.500. The third kappa shape index (κ3) is 3.95. The molecule has 1 atom stereocenters. The van der Waals surface area contributed by atoms with Gasteiger partial charge in [0.1, 0.15) is 0 Å². The fraction of sp³-hybridized carbons (Fsp3) is 0.0667. The summed E-state index contributed by atoms with van der Waals surface area (Å²) in [7, 11) is 0. The van der Waals surface area contributed by atoms with Gasteiger partial charge < -0.3 is 0 Å². The number of hydrogen-bond acceptors (Lipinski definition) is 3. The van der Waals surface area contributed by atoms with Crippen molar-refractivity contribution in [2.45, 2.75) is 27.5 Å². The lowest BCUT2D eigenvalue weighted by atomic mass is 9.66. The van der Waals surface area contributed by atoms with E-state index in [1.165, 1.54) is 48.7 Å². The topological polar surface area (TPSA) is 25.8 Å². The van der Waals surface area contributed by atoms with Gasteiger partial charge in [-0.2, -0.15) is 0 Å². The highest BCUT2D eigenvalue weighted by Gasteiger charge is 2.51. The number of benzene rings is 6. The molecule has 1 aromatic heterocycles. The number of fused-ring (bicyclic) bond motifs is 10. The Hall–Kier alpha value is -5.51. The van der Waals surface area contributed by atoms with E-state index in [-0.39, 0.29) is 0 Å². The summed E-state index contributed by atoms with van der Waals surface area (Å²) >= 11 is 1.87. The quantitative estimate of drug-likeness (QED) is 0.194. The van der Waals surface area contributed by atoms with Gasteiger partial charge in [-0.25, -0.2) is 9.97 Å². The molecule has 48 heavy (non-hydrogen) atoms. The highest BCUT2D eigenvalue weighted by Crippen LogP contribution is 2.63. The smallest absolute Gasteiger partial charge is 0.160 e. The molecule has 0 bridgehead atoms. The number of para-hydroxylation sites is 1. The van der Waals surface area contributed by atoms with Gasteiger partial charge in [0.05, 0.1) is 16.6 Å². The van der Waals surface area contributed by atoms with Crippen molar-refractivity contribution in [3.05, 3.63) is 192 Å². The SMILES string of the molecule is C1=CCC(c2ccc(-c3nc(-c4cccc5c4C4(c6ccccc6Sc6ccccc64)c4ccccc4-5)nc4ccccc34)cc2)C=C1. The minimum Gasteiger partial charge on any atom is -0.228 e. The van der Waals surface area contributed by atoms with Crippen molar-refractivity contribution >= 4 is 22.7 Å². The lowest BCUT2D eigenvalue weighted by Crippen LogP contribution is -2.32. The summed E-state index contributed by atoms with van der Waals surface area (Å²) in [6, 6.07) is 51.0. The molecule has 1 spiro atoms. The van der Waals surface area contributed by atoms with Crippen molar-refractivity contribution < 1.29 is 0 Å². The van der Waals surface area contributed by atoms with Gasteiger partial charge in [0.25, 0.3) is 0 Å². The lowest BCUT2D eigenvalue weighted by molar-refractivity contribution is 0.723. The molecule has 0 amide bonds. The van der Waals surface area contributed by atoms with Gasteiger partial charge in [0, 0.05) is 32.2 Å². The molecule has 1 unspecified atom stereocenters. The van der Waals surface area contributed by atoms with Gasteiger partial charge in [0.15, 0.2) is 5.82 Å². The zero-order valence-corrected chi connectivity index (χ0v) is 27.0. The van der Waals surface area contributed by atoms with Crippen molar-refractivity contribution in [3.63, 3.8) is 0 Å². The Kier molecular flexibility index (Phi) is 6.19. The number of aromatic nitrogens is 2. The normalized spacial score (nSPS) is 16.4. The molecule has 2 nitrogen and oxygen atoms in total. The summed E-state index contributed by atoms with van der Waals surface area (Å²) < 4.78 is 0. The highest BCUT2D eigenvalue weighted by molar-refractivity contribution is 7.99. The standard InChI is InChI=1S/C45H30N2S/c1-2-13-29(14-3-1)30-25-27-31(28-26-30)43-34-16-5-9-22-39(34)46-44(47-43)35-18-12-17-33-32-15-4-6-19-36(32)45(42(33)35)37-20-7-10-23-40(37)48-41-24-11-8-21-38(41)45/h1-13,15-29H,14H2. The maximum Gasteiger partial charge on any atom is 0.160 e. The summed E-state index contributed by atoms with van der Waals surface area (Å²) in [5, 5.41) is 1.06. The van der Waals surface area contributed by atoms with Crippen molar-refractivity contribution in [3.8, 4) is 33.8 Å². The van der Waals surface area contributed by atoms with E-state index in [4.69, 9.17) is 9.97 Å². The summed E-state index contributed by atoms with van der Waals surface area (Å²) in [5.74, 6) is 1.16. The molecule has 226 valence electrons. The van der Waals surface area contributed by atoms with E-state index >= 15 is 0 Å². The zero-order valence-electron chi connectivity index (χ0n) is 26.2. The molecular formula is C45H30N2S. The molecule has 0 saturated carbocycles. The predicted molar refractivity (Wildman–Crippen MR) is 197 cm³/mol. The molecular weight excluding hydrogens is 601 g/mol. The molecule has 0 saturated heterocycles. The Bertz CT molecular complexity index is 2430. The third-order valence-electron chi connectivity index (χ3n) is 10.3. The fourth-order valence-corrected chi connectivity index (χ4v) is 9.43. The van der Waals surface area contributed by atoms with Crippen molar-refractivity contribution in [1.82, 2.24) is 9.97 Å². The Morgan fingerprint density at radius 1 is 0.562 bits per heavy atom. The molecule has 2 heterocycles. The van der Waals surface area contributed by atoms with Gasteiger partial charge in [-0.3, -0.25) is 0 Å². The molecule has 2 aliphatic carbocycles. The molecule has 7 aromatic rings. The number of rotatable bonds is 3. The van der Waals surface area contributed by atoms with Gasteiger partial charge in [0.2, 0.25) is 0 Å². The van der Waals surface area contributed by atoms with E-state index in [1.54, 1.807) is 0 Å². The number of nitrogens with zero attached hydrogens (tertiary/aromatic N) is 2. The molecule has 0 fully saturated rings. The van der Waals surface area contributed by atoms with Crippen LogP contribution in [0.3, 0.4) is 0 Å². The Morgan fingerprint density at radius 2 is 1.23 bits per heavy atom. The Labute approximate surface area is 284 Å². The van der Waals surface area contributed by atoms with Crippen LogP contribution in [0.4, 0.5) is 0 Å². The fourth-order valence-electron chi connectivity index (χ4n) is 8.23. The van der Waals surface area contributed by atoms with Crippen LogP contribution in [0, 0.1) is 0 Å². The highest BCUT2D eigenvalue weighted by atomic mass is 32.2. The molecule has 0 N–H and O–H groups in total. The largest absolute Gasteiger partial charge is 0.228 e. The summed E-state index contributed by atoms with van der Waals surface area (Å²) in [6.45, 7) is 0. The number of allylic oxidation sites excluding steroid dienone is 4. The second kappa shape index (κ2) is 10.8. The monoisotopic (exact) mass is 630 g/mol. The Balaban J connectivity index is 1.25. The van der Waals surface area contributed by atoms with Gasteiger partial charge in [-0.1, -0.05) is 157 Å². The van der Waals surface area contributed by atoms with E-state index in [0.717, 1.165) is 40.0 Å². The molecule has 0 radical (unpaired) electrons. The van der Waals surface area contributed by atoms with Crippen LogP contribution in [0.1, 0.15) is 40.2 Å². The molecule has 6 aromatic carbocycles. The maximum absolute atomic E-state index is 5.47. The van der Waals surface area contributed by atoms with Crippen LogP contribution in [0.15, 0.2) is 174 Å². The van der Waals surface area contributed by atoms with Crippen molar-refractivity contribution in [1.29, 1.82) is 0 Å². The average molecular weight is 631 g/mol. The first-order valence-corrected chi connectivity index (χ1v) is 17.4. The summed E-state index contributed by atoms with van der Waals surface area (Å²) in [6.07, 6.45) is 9.85. The van der Waals surface area contributed by atoms with E-state index < -0.39 is 5.41 Å². The van der Waals surface area contributed by atoms with Gasteiger partial charge in [-0.05, 0) is 63.6 Å². The lowest BCUT2D eigenvalue weighted by Gasteiger charge is -2.40. The molecule has 3 aliphatic rings. The van der Waals surface area contributed by atoms with Crippen LogP contribution in [0.2, 0.25) is 0 Å². The van der Waals surface area contributed by atoms with Crippen molar-refractivity contribution in [2.75, 3.05) is 0 Å². The van der Waals surface area contributed by atoms with Gasteiger partial charge in [-0.15, -0.1) is 0 Å². The van der Waals surface area contributed by atoms with E-state index in [1.807, 2.05) is 11.8 Å². The van der Waals surface area contributed by atoms with Crippen LogP contribution in [0.5, 0.6) is 0 Å². The molecule has 10 rings (SSSR count). The zero-order chi connectivity index (χ0) is 31.7. The Morgan fingerprint density at radius 3 is 2.00 bits per heavy atom. The summed E-state index contributed by atoms with van der Waals surface area (Å²) in [4.78, 5) is 13.4. The van der Waals surface area contributed by atoms with Gasteiger partial charge >= 0.3 is 0 Å². The van der Waals surface area contributed by atoms with E-state index in [2.05, 4.69) is 164 Å².